The van der Waals surface area contributed by atoms with Gasteiger partial charge in [-0.2, -0.15) is 0 Å². The van der Waals surface area contributed by atoms with Crippen molar-refractivity contribution in [3.05, 3.63) is 59.1 Å². The van der Waals surface area contributed by atoms with Crippen molar-refractivity contribution in [2.45, 2.75) is 19.3 Å². The number of halogens is 1. The number of piperazine rings is 1. The van der Waals surface area contributed by atoms with E-state index in [0.717, 1.165) is 62.8 Å². The van der Waals surface area contributed by atoms with Crippen molar-refractivity contribution in [2.24, 2.45) is 0 Å². The Labute approximate surface area is 166 Å². The van der Waals surface area contributed by atoms with Crippen LogP contribution in [-0.4, -0.2) is 50.1 Å². The van der Waals surface area contributed by atoms with Crippen molar-refractivity contribution in [1.29, 1.82) is 0 Å². The third-order valence-electron chi connectivity index (χ3n) is 5.59. The van der Waals surface area contributed by atoms with Crippen molar-refractivity contribution >= 4 is 28.9 Å². The minimum Gasteiger partial charge on any atom is -0.369 e. The van der Waals surface area contributed by atoms with Crippen LogP contribution < -0.4 is 9.80 Å². The van der Waals surface area contributed by atoms with Crippen LogP contribution in [0.3, 0.4) is 0 Å². The lowest BCUT2D eigenvalue weighted by Gasteiger charge is -2.36. The third kappa shape index (κ3) is 4.28. The van der Waals surface area contributed by atoms with Gasteiger partial charge in [0.05, 0.1) is 0 Å². The van der Waals surface area contributed by atoms with Crippen LogP contribution in [0.25, 0.3) is 0 Å². The van der Waals surface area contributed by atoms with Gasteiger partial charge in [0.25, 0.3) is 0 Å². The predicted octanol–water partition coefficient (Wildman–Crippen LogP) is 3.83. The van der Waals surface area contributed by atoms with Gasteiger partial charge in [0.2, 0.25) is 5.91 Å². The molecule has 1 amide bonds. The molecular weight excluding hydrogens is 358 g/mol. The molecule has 2 aliphatic heterocycles. The van der Waals surface area contributed by atoms with E-state index < -0.39 is 0 Å². The average Bonchev–Trinajstić information content (AvgIpc) is 2.71. The highest BCUT2D eigenvalue weighted by atomic mass is 35.5. The number of anilines is 2. The summed E-state index contributed by atoms with van der Waals surface area (Å²) in [4.78, 5) is 19.3. The first-order chi connectivity index (χ1) is 13.2. The minimum atomic E-state index is 0.235. The van der Waals surface area contributed by atoms with Gasteiger partial charge in [-0.3, -0.25) is 9.69 Å². The normalized spacial score (nSPS) is 17.9. The molecule has 27 heavy (non-hydrogen) atoms. The second-order valence-corrected chi connectivity index (χ2v) is 7.77. The van der Waals surface area contributed by atoms with Crippen LogP contribution in [0.2, 0.25) is 5.02 Å². The summed E-state index contributed by atoms with van der Waals surface area (Å²) in [5, 5.41) is 0.749. The molecule has 142 valence electrons. The molecule has 1 saturated heterocycles. The molecule has 2 heterocycles. The first-order valence-electron chi connectivity index (χ1n) is 9.82. The fourth-order valence-corrected chi connectivity index (χ4v) is 4.29. The summed E-state index contributed by atoms with van der Waals surface area (Å²) in [6.45, 7) is 6.10. The van der Waals surface area contributed by atoms with Gasteiger partial charge in [0.1, 0.15) is 0 Å². The molecule has 2 aromatic carbocycles. The van der Waals surface area contributed by atoms with Crippen LogP contribution in [0, 0.1) is 0 Å². The number of aryl methyl sites for hydroxylation is 1. The quantitative estimate of drug-likeness (QED) is 0.785. The zero-order valence-electron chi connectivity index (χ0n) is 15.6. The maximum atomic E-state index is 12.4. The number of benzene rings is 2. The van der Waals surface area contributed by atoms with Crippen LogP contribution in [0.4, 0.5) is 11.4 Å². The van der Waals surface area contributed by atoms with E-state index in [-0.39, 0.29) is 5.91 Å². The van der Waals surface area contributed by atoms with E-state index in [1.54, 1.807) is 0 Å². The molecule has 0 spiro atoms. The summed E-state index contributed by atoms with van der Waals surface area (Å²) in [5.41, 5.74) is 3.55. The fourth-order valence-electron chi connectivity index (χ4n) is 4.09. The Hall–Kier alpha value is -2.04. The molecule has 0 N–H and O–H groups in total. The molecule has 0 atom stereocenters. The van der Waals surface area contributed by atoms with Gasteiger partial charge in [0.15, 0.2) is 0 Å². The summed E-state index contributed by atoms with van der Waals surface area (Å²) in [7, 11) is 0. The lowest BCUT2D eigenvalue weighted by molar-refractivity contribution is -0.118. The number of hydrogen-bond donors (Lipinski definition) is 0. The lowest BCUT2D eigenvalue weighted by atomic mass is 10.0. The molecule has 0 radical (unpaired) electrons. The highest BCUT2D eigenvalue weighted by molar-refractivity contribution is 6.30. The smallest absolute Gasteiger partial charge is 0.227 e. The molecule has 4 nitrogen and oxygen atoms in total. The van der Waals surface area contributed by atoms with Gasteiger partial charge < -0.3 is 9.80 Å². The zero-order chi connectivity index (χ0) is 18.6. The second-order valence-electron chi connectivity index (χ2n) is 7.34. The van der Waals surface area contributed by atoms with Gasteiger partial charge in [0, 0.05) is 55.5 Å². The van der Waals surface area contributed by atoms with Crippen LogP contribution in [0.5, 0.6) is 0 Å². The molecule has 0 aliphatic carbocycles. The number of nitrogens with zero attached hydrogens (tertiary/aromatic N) is 3. The maximum absolute atomic E-state index is 12.4. The fraction of sp³-hybridized carbons (Fsp3) is 0.409. The molecule has 2 aromatic rings. The van der Waals surface area contributed by atoms with Crippen molar-refractivity contribution < 1.29 is 4.79 Å². The van der Waals surface area contributed by atoms with Crippen LogP contribution in [0.1, 0.15) is 18.4 Å². The SMILES string of the molecule is O=C1CCc2cc(Cl)ccc2N1CCCN1CCN(c2ccccc2)CC1. The summed E-state index contributed by atoms with van der Waals surface area (Å²) in [6.07, 6.45) is 2.38. The van der Waals surface area contributed by atoms with Gasteiger partial charge in [-0.25, -0.2) is 0 Å². The van der Waals surface area contributed by atoms with E-state index in [2.05, 4.69) is 40.1 Å². The predicted molar refractivity (Wildman–Crippen MR) is 112 cm³/mol. The summed E-state index contributed by atoms with van der Waals surface area (Å²) >= 11 is 6.11. The van der Waals surface area contributed by atoms with E-state index >= 15 is 0 Å². The Morgan fingerprint density at radius 2 is 1.67 bits per heavy atom. The molecule has 2 aliphatic rings. The summed E-state index contributed by atoms with van der Waals surface area (Å²) < 4.78 is 0. The summed E-state index contributed by atoms with van der Waals surface area (Å²) in [5.74, 6) is 0.235. The van der Waals surface area contributed by atoms with Crippen molar-refractivity contribution in [3.8, 4) is 0 Å². The topological polar surface area (TPSA) is 26.8 Å². The average molecular weight is 384 g/mol. The number of fused-ring (bicyclic) bond motifs is 1. The number of rotatable bonds is 5. The Morgan fingerprint density at radius 3 is 2.44 bits per heavy atom. The molecule has 0 unspecified atom stereocenters. The van der Waals surface area contributed by atoms with E-state index in [4.69, 9.17) is 11.6 Å². The molecule has 1 fully saturated rings. The monoisotopic (exact) mass is 383 g/mol. The Morgan fingerprint density at radius 1 is 0.889 bits per heavy atom. The lowest BCUT2D eigenvalue weighted by Crippen LogP contribution is -2.47. The standard InChI is InChI=1S/C22H26ClN3O/c23-19-8-9-21-18(17-19)7-10-22(27)26(21)12-4-11-24-13-15-25(16-14-24)20-5-2-1-3-6-20/h1-3,5-6,8-9,17H,4,7,10-16H2. The molecular formula is C22H26ClN3O. The Kier molecular flexibility index (Phi) is 5.65. The number of carbonyl (C=O) groups excluding carboxylic acids is 1. The highest BCUT2D eigenvalue weighted by Gasteiger charge is 2.24. The molecule has 0 bridgehead atoms. The molecule has 4 rings (SSSR count). The Bertz CT molecular complexity index is 787. The van der Waals surface area contributed by atoms with E-state index in [9.17, 15) is 4.79 Å². The number of carbonyl (C=O) groups is 1. The van der Waals surface area contributed by atoms with Crippen molar-refractivity contribution in [1.82, 2.24) is 4.90 Å². The zero-order valence-corrected chi connectivity index (χ0v) is 16.4. The first kappa shape index (κ1) is 18.3. The summed E-state index contributed by atoms with van der Waals surface area (Å²) in [6, 6.07) is 16.5. The number of para-hydroxylation sites is 1. The van der Waals surface area contributed by atoms with Gasteiger partial charge in [-0.1, -0.05) is 29.8 Å². The van der Waals surface area contributed by atoms with E-state index in [0.29, 0.717) is 6.42 Å². The van der Waals surface area contributed by atoms with Crippen molar-refractivity contribution in [3.63, 3.8) is 0 Å². The first-order valence-corrected chi connectivity index (χ1v) is 10.2. The van der Waals surface area contributed by atoms with Gasteiger partial charge in [-0.05, 0) is 55.3 Å². The molecule has 5 heteroatoms. The van der Waals surface area contributed by atoms with E-state index in [1.807, 2.05) is 23.1 Å². The largest absolute Gasteiger partial charge is 0.369 e. The van der Waals surface area contributed by atoms with Gasteiger partial charge in [-0.15, -0.1) is 0 Å². The van der Waals surface area contributed by atoms with Crippen molar-refractivity contribution in [2.75, 3.05) is 49.1 Å². The molecule has 0 aromatic heterocycles. The van der Waals surface area contributed by atoms with Crippen LogP contribution in [0.15, 0.2) is 48.5 Å². The number of amides is 1. The van der Waals surface area contributed by atoms with E-state index in [1.165, 1.54) is 11.3 Å². The molecule has 0 saturated carbocycles. The third-order valence-corrected chi connectivity index (χ3v) is 5.83. The van der Waals surface area contributed by atoms with Gasteiger partial charge >= 0.3 is 0 Å². The highest BCUT2D eigenvalue weighted by Crippen LogP contribution is 2.30. The van der Waals surface area contributed by atoms with Crippen LogP contribution >= 0.6 is 11.6 Å². The second kappa shape index (κ2) is 8.32. The minimum absolute atomic E-state index is 0.235. The maximum Gasteiger partial charge on any atom is 0.227 e. The van der Waals surface area contributed by atoms with Crippen LogP contribution in [-0.2, 0) is 11.2 Å². The number of hydrogen-bond acceptors (Lipinski definition) is 3. The Balaban J connectivity index is 1.28.